The highest BCUT2D eigenvalue weighted by molar-refractivity contribution is 6.07. The van der Waals surface area contributed by atoms with Crippen LogP contribution in [0.5, 0.6) is 5.75 Å². The Hall–Kier alpha value is -2.24. The monoisotopic (exact) mass is 374 g/mol. The van der Waals surface area contributed by atoms with Crippen LogP contribution in [0.3, 0.4) is 0 Å². The Morgan fingerprint density at radius 1 is 1.33 bits per heavy atom. The first-order valence-electron chi connectivity index (χ1n) is 9.41. The smallest absolute Gasteiger partial charge is 0.407 e. The molecule has 0 unspecified atom stereocenters. The summed E-state index contributed by atoms with van der Waals surface area (Å²) < 4.78 is 11.7. The normalized spacial score (nSPS) is 25.3. The number of aryl methyl sites for hydroxylation is 1. The van der Waals surface area contributed by atoms with Crippen LogP contribution in [0.25, 0.3) is 0 Å². The zero-order valence-electron chi connectivity index (χ0n) is 17.5. The quantitative estimate of drug-likeness (QED) is 0.820. The molecule has 0 spiro atoms. The van der Waals surface area contributed by atoms with Crippen molar-refractivity contribution in [2.75, 3.05) is 11.9 Å². The Balaban J connectivity index is 1.90. The Bertz CT molecular complexity index is 822. The molecule has 2 atom stereocenters. The molecule has 0 saturated carbocycles. The summed E-state index contributed by atoms with van der Waals surface area (Å²) in [7, 11) is 0. The van der Waals surface area contributed by atoms with Gasteiger partial charge >= 0.3 is 6.09 Å². The lowest BCUT2D eigenvalue weighted by molar-refractivity contribution is -0.119. The maximum atomic E-state index is 12.5. The number of hydrogen-bond acceptors (Lipinski definition) is 4. The molecule has 2 amide bonds. The summed E-state index contributed by atoms with van der Waals surface area (Å²) in [5, 5.41) is 5.83. The zero-order chi connectivity index (χ0) is 20.4. The second-order valence-corrected chi connectivity index (χ2v) is 9.43. The van der Waals surface area contributed by atoms with Gasteiger partial charge in [-0.1, -0.05) is 6.92 Å². The highest BCUT2D eigenvalue weighted by Crippen LogP contribution is 2.54. The number of carbonyl (C=O) groups excluding carboxylic acids is 2. The molecule has 2 aliphatic rings. The first-order valence-corrected chi connectivity index (χ1v) is 9.41. The topological polar surface area (TPSA) is 76.7 Å². The average Bonchev–Trinajstić information content (AvgIpc) is 2.90. The van der Waals surface area contributed by atoms with Crippen LogP contribution in [0.2, 0.25) is 0 Å². The Morgan fingerprint density at radius 3 is 2.56 bits per heavy atom. The van der Waals surface area contributed by atoms with E-state index in [0.29, 0.717) is 6.54 Å². The molecular formula is C21H30N2O4. The molecule has 1 aromatic carbocycles. The van der Waals surface area contributed by atoms with Gasteiger partial charge in [0.1, 0.15) is 17.0 Å². The first-order chi connectivity index (χ1) is 12.3. The van der Waals surface area contributed by atoms with Crippen molar-refractivity contribution in [3.05, 3.63) is 22.8 Å². The predicted octanol–water partition coefficient (Wildman–Crippen LogP) is 4.00. The summed E-state index contributed by atoms with van der Waals surface area (Å²) in [5.74, 6) is 0.795. The van der Waals surface area contributed by atoms with Crippen LogP contribution in [0.1, 0.15) is 71.1 Å². The molecule has 3 rings (SSSR count). The molecule has 6 heteroatoms. The Kier molecular flexibility index (Phi) is 4.25. The third kappa shape index (κ3) is 3.15. The van der Waals surface area contributed by atoms with E-state index in [9.17, 15) is 9.59 Å². The minimum Gasteiger partial charge on any atom is -0.484 e. The number of alkyl carbamates (subject to hydrolysis) is 1. The van der Waals surface area contributed by atoms with E-state index in [4.69, 9.17) is 9.47 Å². The fourth-order valence-corrected chi connectivity index (χ4v) is 3.80. The van der Waals surface area contributed by atoms with E-state index >= 15 is 0 Å². The minimum atomic E-state index is -0.658. The molecule has 2 N–H and O–H groups in total. The van der Waals surface area contributed by atoms with Gasteiger partial charge in [0.2, 0.25) is 5.91 Å². The van der Waals surface area contributed by atoms with Crippen molar-refractivity contribution < 1.29 is 19.1 Å². The number of benzene rings is 1. The summed E-state index contributed by atoms with van der Waals surface area (Å²) in [5.41, 5.74) is 2.03. The van der Waals surface area contributed by atoms with Crippen molar-refractivity contribution in [2.24, 2.45) is 0 Å². The van der Waals surface area contributed by atoms with E-state index < -0.39 is 22.7 Å². The second kappa shape index (κ2) is 5.88. The summed E-state index contributed by atoms with van der Waals surface area (Å²) >= 11 is 0. The number of ether oxygens (including phenoxy) is 2. The van der Waals surface area contributed by atoms with Crippen LogP contribution in [-0.2, 0) is 14.9 Å². The van der Waals surface area contributed by atoms with Crippen LogP contribution in [-0.4, -0.2) is 29.7 Å². The van der Waals surface area contributed by atoms with Gasteiger partial charge in [-0.2, -0.15) is 0 Å². The van der Waals surface area contributed by atoms with Gasteiger partial charge in [-0.25, -0.2) is 4.79 Å². The molecule has 0 saturated heterocycles. The molecule has 2 aliphatic heterocycles. The molecule has 0 bridgehead atoms. The van der Waals surface area contributed by atoms with Crippen LogP contribution in [0, 0.1) is 6.92 Å². The number of rotatable bonds is 2. The van der Waals surface area contributed by atoms with Gasteiger partial charge in [-0.15, -0.1) is 0 Å². The maximum absolute atomic E-state index is 12.5. The average molecular weight is 374 g/mol. The fraction of sp³-hybridized carbons (Fsp3) is 0.619. The van der Waals surface area contributed by atoms with E-state index in [1.807, 2.05) is 48.5 Å². The maximum Gasteiger partial charge on any atom is 0.407 e. The van der Waals surface area contributed by atoms with Crippen LogP contribution < -0.4 is 15.4 Å². The van der Waals surface area contributed by atoms with Gasteiger partial charge in [0.15, 0.2) is 0 Å². The van der Waals surface area contributed by atoms with Gasteiger partial charge in [0, 0.05) is 17.0 Å². The number of anilines is 1. The highest BCUT2D eigenvalue weighted by atomic mass is 16.6. The van der Waals surface area contributed by atoms with Crippen LogP contribution in [0.15, 0.2) is 6.07 Å². The number of amides is 2. The van der Waals surface area contributed by atoms with Gasteiger partial charge in [-0.05, 0) is 60.1 Å². The van der Waals surface area contributed by atoms with Crippen molar-refractivity contribution in [1.29, 1.82) is 0 Å². The van der Waals surface area contributed by atoms with Crippen molar-refractivity contribution in [3.8, 4) is 5.75 Å². The molecule has 0 aromatic heterocycles. The summed E-state index contributed by atoms with van der Waals surface area (Å²) in [6.45, 7) is 15.7. The molecular weight excluding hydrogens is 344 g/mol. The summed E-state index contributed by atoms with van der Waals surface area (Å²) in [6.07, 6.45) is -0.464. The third-order valence-corrected chi connectivity index (χ3v) is 5.64. The van der Waals surface area contributed by atoms with E-state index in [1.54, 1.807) is 0 Å². The van der Waals surface area contributed by atoms with Crippen molar-refractivity contribution in [2.45, 2.75) is 77.9 Å². The largest absolute Gasteiger partial charge is 0.484 e. The predicted molar refractivity (Wildman–Crippen MR) is 105 cm³/mol. The highest BCUT2D eigenvalue weighted by Gasteiger charge is 2.50. The lowest BCUT2D eigenvalue weighted by atomic mass is 9.81. The standard InChI is InChI=1S/C21H30N2O4/c1-11-9-13-12(2)21(8,10-22-18(25)27-19(3,4)5)26-16(13)14-15(11)23-17(24)20(14,6)7/h9,12H,10H2,1-8H3,(H,22,25)(H,23,24)/t12-,21-/m0/s1. The molecule has 6 nitrogen and oxygen atoms in total. The molecule has 0 fully saturated rings. The zero-order valence-corrected chi connectivity index (χ0v) is 17.5. The van der Waals surface area contributed by atoms with Gasteiger partial charge in [0.05, 0.1) is 17.6 Å². The second-order valence-electron chi connectivity index (χ2n) is 9.43. The van der Waals surface area contributed by atoms with E-state index in [0.717, 1.165) is 28.1 Å². The van der Waals surface area contributed by atoms with Crippen molar-refractivity contribution in [1.82, 2.24) is 5.32 Å². The lowest BCUT2D eigenvalue weighted by Gasteiger charge is -2.30. The van der Waals surface area contributed by atoms with Crippen LogP contribution >= 0.6 is 0 Å². The molecule has 27 heavy (non-hydrogen) atoms. The minimum absolute atomic E-state index is 0.0225. The van der Waals surface area contributed by atoms with Crippen molar-refractivity contribution >= 4 is 17.7 Å². The van der Waals surface area contributed by atoms with Gasteiger partial charge < -0.3 is 20.1 Å². The third-order valence-electron chi connectivity index (χ3n) is 5.64. The SMILES string of the molecule is Cc1cc2c(c3c1NC(=O)C3(C)C)O[C@@](C)(CNC(=O)OC(C)(C)C)[C@H]2C. The van der Waals surface area contributed by atoms with Gasteiger partial charge in [-0.3, -0.25) is 4.79 Å². The summed E-state index contributed by atoms with van der Waals surface area (Å²) in [4.78, 5) is 24.5. The Labute approximate surface area is 161 Å². The van der Waals surface area contributed by atoms with E-state index in [-0.39, 0.29) is 11.8 Å². The number of fused-ring (bicyclic) bond motifs is 3. The van der Waals surface area contributed by atoms with Crippen LogP contribution in [0.4, 0.5) is 10.5 Å². The van der Waals surface area contributed by atoms with Crippen molar-refractivity contribution in [3.63, 3.8) is 0 Å². The fourth-order valence-electron chi connectivity index (χ4n) is 3.80. The van der Waals surface area contributed by atoms with E-state index in [1.165, 1.54) is 0 Å². The lowest BCUT2D eigenvalue weighted by Crippen LogP contribution is -2.47. The Morgan fingerprint density at radius 2 is 1.96 bits per heavy atom. The molecule has 148 valence electrons. The number of hydrogen-bond donors (Lipinski definition) is 2. The molecule has 1 aromatic rings. The van der Waals surface area contributed by atoms with E-state index in [2.05, 4.69) is 23.6 Å². The molecule has 0 aliphatic carbocycles. The molecule has 2 heterocycles. The van der Waals surface area contributed by atoms with Gasteiger partial charge in [0.25, 0.3) is 0 Å². The number of nitrogens with one attached hydrogen (secondary N) is 2. The first kappa shape index (κ1) is 19.5. The molecule has 0 radical (unpaired) electrons. The summed E-state index contributed by atoms with van der Waals surface area (Å²) in [6, 6.07) is 2.08. The number of carbonyl (C=O) groups is 2.